The highest BCUT2D eigenvalue weighted by molar-refractivity contribution is 5.86. The summed E-state index contributed by atoms with van der Waals surface area (Å²) in [6.07, 6.45) is -0.427. The van der Waals surface area contributed by atoms with Crippen molar-refractivity contribution in [3.05, 3.63) is 24.3 Å². The van der Waals surface area contributed by atoms with Gasteiger partial charge in [-0.05, 0) is 12.1 Å². The molecule has 2 rings (SSSR count). The molecule has 1 fully saturated rings. The van der Waals surface area contributed by atoms with Crippen LogP contribution in [-0.4, -0.2) is 32.5 Å². The van der Waals surface area contributed by atoms with E-state index in [1.165, 1.54) is 0 Å². The fourth-order valence-electron chi connectivity index (χ4n) is 1.23. The van der Waals surface area contributed by atoms with Crippen molar-refractivity contribution in [2.24, 2.45) is 0 Å². The van der Waals surface area contributed by atoms with E-state index in [9.17, 15) is 4.79 Å². The Morgan fingerprint density at radius 3 is 3.00 bits per heavy atom. The number of ether oxygens (including phenoxy) is 3. The first-order valence-corrected chi connectivity index (χ1v) is 4.98. The van der Waals surface area contributed by atoms with E-state index in [2.05, 4.69) is 5.32 Å². The van der Waals surface area contributed by atoms with E-state index in [1.807, 2.05) is 12.1 Å². The number of para-hydroxylation sites is 2. The highest BCUT2D eigenvalue weighted by atomic mass is 16.6. The summed E-state index contributed by atoms with van der Waals surface area (Å²) in [5.41, 5.74) is 0.590. The van der Waals surface area contributed by atoms with Crippen molar-refractivity contribution < 1.29 is 19.0 Å². The molecule has 1 amide bonds. The van der Waals surface area contributed by atoms with Crippen LogP contribution >= 0.6 is 0 Å². The van der Waals surface area contributed by atoms with Crippen LogP contribution in [0, 0.1) is 0 Å². The number of carbonyl (C=O) groups is 1. The highest BCUT2D eigenvalue weighted by Crippen LogP contribution is 2.23. The molecule has 1 aromatic rings. The Kier molecular flexibility index (Phi) is 3.26. The first-order valence-electron chi connectivity index (χ1n) is 4.98. The molecule has 1 aromatic carbocycles. The van der Waals surface area contributed by atoms with Crippen LogP contribution in [0.25, 0.3) is 0 Å². The molecule has 0 radical (unpaired) electrons. The van der Waals surface area contributed by atoms with Gasteiger partial charge in [-0.3, -0.25) is 5.32 Å². The van der Waals surface area contributed by atoms with E-state index in [0.717, 1.165) is 0 Å². The lowest BCUT2D eigenvalue weighted by atomic mass is 10.3. The van der Waals surface area contributed by atoms with Gasteiger partial charge in [0, 0.05) is 0 Å². The van der Waals surface area contributed by atoms with Crippen LogP contribution in [0.4, 0.5) is 10.5 Å². The van der Waals surface area contributed by atoms with Crippen LogP contribution in [0.2, 0.25) is 0 Å². The van der Waals surface area contributed by atoms with E-state index >= 15 is 0 Å². The largest absolute Gasteiger partial charge is 0.495 e. The molecule has 1 aliphatic rings. The molecule has 0 aliphatic carbocycles. The predicted octanol–water partition coefficient (Wildman–Crippen LogP) is 1.64. The summed E-state index contributed by atoms with van der Waals surface area (Å²) in [7, 11) is 1.55. The van der Waals surface area contributed by atoms with E-state index in [4.69, 9.17) is 14.2 Å². The number of hydrogen-bond donors (Lipinski definition) is 1. The maximum absolute atomic E-state index is 11.4. The van der Waals surface area contributed by atoms with Crippen molar-refractivity contribution in [3.8, 4) is 5.75 Å². The van der Waals surface area contributed by atoms with Gasteiger partial charge in [-0.1, -0.05) is 12.1 Å². The van der Waals surface area contributed by atoms with Gasteiger partial charge in [-0.25, -0.2) is 4.79 Å². The Morgan fingerprint density at radius 1 is 1.56 bits per heavy atom. The monoisotopic (exact) mass is 223 g/mol. The lowest BCUT2D eigenvalue weighted by Gasteiger charge is -2.09. The number of carbonyl (C=O) groups excluding carboxylic acids is 1. The Labute approximate surface area is 93.3 Å². The second-order valence-electron chi connectivity index (χ2n) is 3.38. The average molecular weight is 223 g/mol. The van der Waals surface area contributed by atoms with Crippen molar-refractivity contribution in [2.75, 3.05) is 25.6 Å². The standard InChI is InChI=1S/C11H13NO4/c1-14-10-5-3-2-4-9(10)12-11(13)16-7-8-6-15-8/h2-5,8H,6-7H2,1H3,(H,12,13). The lowest BCUT2D eigenvalue weighted by Crippen LogP contribution is -2.16. The highest BCUT2D eigenvalue weighted by Gasteiger charge is 2.24. The van der Waals surface area contributed by atoms with Gasteiger partial charge in [0.25, 0.3) is 0 Å². The van der Waals surface area contributed by atoms with E-state index in [1.54, 1.807) is 19.2 Å². The van der Waals surface area contributed by atoms with Crippen LogP contribution < -0.4 is 10.1 Å². The topological polar surface area (TPSA) is 60.1 Å². The summed E-state index contributed by atoms with van der Waals surface area (Å²) in [5.74, 6) is 0.599. The van der Waals surface area contributed by atoms with Crippen LogP contribution in [0.1, 0.15) is 0 Å². The van der Waals surface area contributed by atoms with Crippen molar-refractivity contribution in [1.29, 1.82) is 0 Å². The third-order valence-electron chi connectivity index (χ3n) is 2.15. The van der Waals surface area contributed by atoms with E-state index in [0.29, 0.717) is 24.7 Å². The molecule has 1 aliphatic heterocycles. The van der Waals surface area contributed by atoms with Crippen molar-refractivity contribution >= 4 is 11.8 Å². The summed E-state index contributed by atoms with van der Waals surface area (Å²) < 4.78 is 15.0. The molecular formula is C11H13NO4. The van der Waals surface area contributed by atoms with Gasteiger partial charge in [0.1, 0.15) is 18.5 Å². The normalized spacial score (nSPS) is 17.7. The second-order valence-corrected chi connectivity index (χ2v) is 3.38. The number of anilines is 1. The fourth-order valence-corrected chi connectivity index (χ4v) is 1.23. The van der Waals surface area contributed by atoms with E-state index in [-0.39, 0.29) is 6.10 Å². The van der Waals surface area contributed by atoms with Gasteiger partial charge in [-0.2, -0.15) is 0 Å². The molecular weight excluding hydrogens is 210 g/mol. The first kappa shape index (κ1) is 10.8. The first-order chi connectivity index (χ1) is 7.79. The SMILES string of the molecule is COc1ccccc1NC(=O)OCC1CO1. The molecule has 0 saturated carbocycles. The Bertz CT molecular complexity index is 376. The summed E-state index contributed by atoms with van der Waals surface area (Å²) in [6.45, 7) is 0.961. The molecule has 1 N–H and O–H groups in total. The van der Waals surface area contributed by atoms with Crippen molar-refractivity contribution in [1.82, 2.24) is 0 Å². The zero-order valence-electron chi connectivity index (χ0n) is 8.93. The van der Waals surface area contributed by atoms with Gasteiger partial charge in [0.15, 0.2) is 0 Å². The molecule has 1 atom stereocenters. The molecule has 1 saturated heterocycles. The van der Waals surface area contributed by atoms with Gasteiger partial charge in [0.2, 0.25) is 0 Å². The molecule has 1 unspecified atom stereocenters. The number of methoxy groups -OCH3 is 1. The van der Waals surface area contributed by atoms with Gasteiger partial charge < -0.3 is 14.2 Å². The molecule has 1 heterocycles. The number of nitrogens with one attached hydrogen (secondary N) is 1. The Balaban J connectivity index is 1.88. The number of epoxide rings is 1. The predicted molar refractivity (Wildman–Crippen MR) is 57.7 cm³/mol. The third-order valence-corrected chi connectivity index (χ3v) is 2.15. The molecule has 0 aromatic heterocycles. The molecule has 16 heavy (non-hydrogen) atoms. The maximum atomic E-state index is 11.4. The number of amides is 1. The van der Waals surface area contributed by atoms with Crippen LogP contribution in [0.3, 0.4) is 0 Å². The molecule has 0 bridgehead atoms. The fraction of sp³-hybridized carbons (Fsp3) is 0.364. The number of rotatable bonds is 4. The van der Waals surface area contributed by atoms with Crippen LogP contribution in [-0.2, 0) is 9.47 Å². The quantitative estimate of drug-likeness (QED) is 0.788. The second kappa shape index (κ2) is 4.85. The number of hydrogen-bond acceptors (Lipinski definition) is 4. The molecule has 5 nitrogen and oxygen atoms in total. The summed E-state index contributed by atoms with van der Waals surface area (Å²) in [5, 5.41) is 2.60. The van der Waals surface area contributed by atoms with Crippen LogP contribution in [0.15, 0.2) is 24.3 Å². The van der Waals surface area contributed by atoms with Gasteiger partial charge >= 0.3 is 6.09 Å². The summed E-state index contributed by atoms with van der Waals surface area (Å²) in [6, 6.07) is 7.14. The zero-order valence-corrected chi connectivity index (χ0v) is 8.93. The number of benzene rings is 1. The molecule has 86 valence electrons. The van der Waals surface area contributed by atoms with Crippen molar-refractivity contribution in [2.45, 2.75) is 6.10 Å². The maximum Gasteiger partial charge on any atom is 0.411 e. The van der Waals surface area contributed by atoms with Gasteiger partial charge in [0.05, 0.1) is 19.4 Å². The summed E-state index contributed by atoms with van der Waals surface area (Å²) >= 11 is 0. The lowest BCUT2D eigenvalue weighted by molar-refractivity contribution is 0.150. The van der Waals surface area contributed by atoms with Crippen molar-refractivity contribution in [3.63, 3.8) is 0 Å². The van der Waals surface area contributed by atoms with E-state index < -0.39 is 6.09 Å². The molecule has 5 heteroatoms. The summed E-state index contributed by atoms with van der Waals surface area (Å²) in [4.78, 5) is 11.4. The minimum absolute atomic E-state index is 0.0726. The minimum Gasteiger partial charge on any atom is -0.495 e. The Hall–Kier alpha value is -1.75. The Morgan fingerprint density at radius 2 is 2.31 bits per heavy atom. The molecule has 0 spiro atoms. The third kappa shape index (κ3) is 2.87. The minimum atomic E-state index is -0.500. The smallest absolute Gasteiger partial charge is 0.411 e. The zero-order chi connectivity index (χ0) is 11.4. The average Bonchev–Trinajstić information content (AvgIpc) is 3.11. The van der Waals surface area contributed by atoms with Gasteiger partial charge in [-0.15, -0.1) is 0 Å². The van der Waals surface area contributed by atoms with Crippen LogP contribution in [0.5, 0.6) is 5.75 Å².